The Hall–Kier alpha value is -4.32. The molecule has 1 aliphatic rings. The lowest BCUT2D eigenvalue weighted by Gasteiger charge is -2.19. The van der Waals surface area contributed by atoms with E-state index in [2.05, 4.69) is 13.2 Å². The molecular weight excluding hydrogens is 408 g/mol. The molecule has 0 radical (unpaired) electrons. The second kappa shape index (κ2) is 7.74. The normalized spacial score (nSPS) is 12.1. The second-order valence-corrected chi connectivity index (χ2v) is 7.61. The van der Waals surface area contributed by atoms with E-state index in [4.69, 9.17) is 9.47 Å². The summed E-state index contributed by atoms with van der Waals surface area (Å²) in [5.74, 6) is -1.39. The van der Waals surface area contributed by atoms with Crippen LogP contribution in [-0.4, -0.2) is 23.5 Å². The molecule has 0 unspecified atom stereocenters. The van der Waals surface area contributed by atoms with Gasteiger partial charge in [0.15, 0.2) is 11.6 Å². The van der Waals surface area contributed by atoms with E-state index in [9.17, 15) is 19.2 Å². The van der Waals surface area contributed by atoms with Crippen molar-refractivity contribution in [3.8, 4) is 11.5 Å². The molecular formula is C26H18O6. The summed E-state index contributed by atoms with van der Waals surface area (Å²) in [5, 5.41) is 1.35. The summed E-state index contributed by atoms with van der Waals surface area (Å²) in [6.07, 6.45) is 0. The first-order valence-electron chi connectivity index (χ1n) is 9.72. The molecule has 4 rings (SSSR count). The Morgan fingerprint density at radius 2 is 1.09 bits per heavy atom. The zero-order chi connectivity index (χ0) is 23.2. The van der Waals surface area contributed by atoms with Crippen LogP contribution in [0.2, 0.25) is 0 Å². The first-order chi connectivity index (χ1) is 15.2. The molecule has 0 saturated carbocycles. The number of ketones is 2. The van der Waals surface area contributed by atoms with E-state index in [0.717, 1.165) is 5.39 Å². The van der Waals surface area contributed by atoms with Crippen molar-refractivity contribution in [1.82, 2.24) is 0 Å². The lowest BCUT2D eigenvalue weighted by molar-refractivity contribution is -0.130. The Morgan fingerprint density at radius 3 is 1.69 bits per heavy atom. The summed E-state index contributed by atoms with van der Waals surface area (Å²) in [7, 11) is 0. The molecule has 3 aromatic rings. The van der Waals surface area contributed by atoms with Crippen molar-refractivity contribution in [2.75, 3.05) is 0 Å². The molecule has 0 bridgehead atoms. The maximum atomic E-state index is 13.2. The Balaban J connectivity index is 1.76. The number of fused-ring (bicyclic) bond motifs is 3. The highest BCUT2D eigenvalue weighted by Gasteiger charge is 2.30. The molecule has 6 nitrogen and oxygen atoms in total. The summed E-state index contributed by atoms with van der Waals surface area (Å²) in [6, 6.07) is 12.5. The van der Waals surface area contributed by atoms with Crippen molar-refractivity contribution in [1.29, 1.82) is 0 Å². The monoisotopic (exact) mass is 426 g/mol. The first kappa shape index (κ1) is 20.9. The van der Waals surface area contributed by atoms with Crippen molar-refractivity contribution in [2.24, 2.45) is 0 Å². The molecule has 32 heavy (non-hydrogen) atoms. The predicted octanol–water partition coefficient (Wildman–Crippen LogP) is 4.58. The minimum Gasteiger partial charge on any atom is -0.423 e. The molecule has 1 aliphatic carbocycles. The Labute approximate surface area is 183 Å². The van der Waals surface area contributed by atoms with Gasteiger partial charge in [0, 0.05) is 33.4 Å². The zero-order valence-corrected chi connectivity index (χ0v) is 17.5. The van der Waals surface area contributed by atoms with E-state index in [-0.39, 0.29) is 50.7 Å². The average molecular weight is 426 g/mol. The standard InChI is InChI=1S/C26H18O6/c1-13(2)25(29)31-17-6-5-15-10-20-21(11-16(15)9-17)24(28)22-12-18(32-26(30)14(3)4)7-8-19(22)23(20)27/h5-12H,1,3H2,2,4H3. The number of benzene rings is 3. The number of esters is 2. The number of carbonyl (C=O) groups is 4. The van der Waals surface area contributed by atoms with Gasteiger partial charge in [-0.15, -0.1) is 0 Å². The highest BCUT2D eigenvalue weighted by molar-refractivity contribution is 6.29. The maximum Gasteiger partial charge on any atom is 0.338 e. The Kier molecular flexibility index (Phi) is 5.06. The molecule has 3 aromatic carbocycles. The van der Waals surface area contributed by atoms with Crippen LogP contribution < -0.4 is 9.47 Å². The van der Waals surface area contributed by atoms with Gasteiger partial charge in [-0.05, 0) is 67.1 Å². The summed E-state index contributed by atoms with van der Waals surface area (Å²) in [4.78, 5) is 49.9. The van der Waals surface area contributed by atoms with Crippen LogP contribution in [0, 0.1) is 0 Å². The van der Waals surface area contributed by atoms with Gasteiger partial charge in [-0.1, -0.05) is 19.2 Å². The van der Waals surface area contributed by atoms with E-state index >= 15 is 0 Å². The van der Waals surface area contributed by atoms with Crippen molar-refractivity contribution in [3.05, 3.63) is 95.1 Å². The van der Waals surface area contributed by atoms with Crippen molar-refractivity contribution >= 4 is 34.3 Å². The summed E-state index contributed by atoms with van der Waals surface area (Å²) in [5.41, 5.74) is 1.37. The fourth-order valence-corrected chi connectivity index (χ4v) is 3.37. The van der Waals surface area contributed by atoms with Crippen molar-refractivity contribution < 1.29 is 28.7 Å². The van der Waals surface area contributed by atoms with Crippen LogP contribution >= 0.6 is 0 Å². The van der Waals surface area contributed by atoms with Gasteiger partial charge in [0.05, 0.1) is 0 Å². The summed E-state index contributed by atoms with van der Waals surface area (Å²) in [6.45, 7) is 10.1. The smallest absolute Gasteiger partial charge is 0.338 e. The van der Waals surface area contributed by atoms with Gasteiger partial charge in [-0.25, -0.2) is 9.59 Å². The van der Waals surface area contributed by atoms with Crippen LogP contribution in [0.25, 0.3) is 10.8 Å². The molecule has 0 amide bonds. The Morgan fingerprint density at radius 1 is 0.625 bits per heavy atom. The lowest BCUT2D eigenvalue weighted by Crippen LogP contribution is -2.21. The average Bonchev–Trinajstić information content (AvgIpc) is 2.76. The van der Waals surface area contributed by atoms with Crippen LogP contribution in [-0.2, 0) is 9.59 Å². The maximum absolute atomic E-state index is 13.2. The third-order valence-corrected chi connectivity index (χ3v) is 5.04. The van der Waals surface area contributed by atoms with Crippen LogP contribution in [0.1, 0.15) is 45.7 Å². The Bertz CT molecular complexity index is 1390. The lowest BCUT2D eigenvalue weighted by atomic mass is 9.82. The van der Waals surface area contributed by atoms with Gasteiger partial charge >= 0.3 is 11.9 Å². The molecule has 6 heteroatoms. The molecule has 0 aliphatic heterocycles. The minimum atomic E-state index is -0.622. The van der Waals surface area contributed by atoms with Crippen LogP contribution in [0.5, 0.6) is 11.5 Å². The molecule has 0 saturated heterocycles. The van der Waals surface area contributed by atoms with Crippen molar-refractivity contribution in [2.45, 2.75) is 13.8 Å². The zero-order valence-electron chi connectivity index (χ0n) is 17.5. The molecule has 0 spiro atoms. The molecule has 0 fully saturated rings. The molecule has 0 N–H and O–H groups in total. The minimum absolute atomic E-state index is 0.149. The van der Waals surface area contributed by atoms with E-state index in [1.807, 2.05) is 0 Å². The highest BCUT2D eigenvalue weighted by atomic mass is 16.5. The second-order valence-electron chi connectivity index (χ2n) is 7.61. The van der Waals surface area contributed by atoms with Gasteiger partial charge in [0.2, 0.25) is 0 Å². The number of ether oxygens (including phenoxy) is 2. The SMILES string of the molecule is C=C(C)C(=O)Oc1ccc2c(c1)C(=O)c1cc3cc(OC(=O)C(=C)C)ccc3cc1C2=O. The van der Waals surface area contributed by atoms with Gasteiger partial charge in [-0.2, -0.15) is 0 Å². The third kappa shape index (κ3) is 3.63. The fraction of sp³-hybridized carbons (Fsp3) is 0.0769. The highest BCUT2D eigenvalue weighted by Crippen LogP contribution is 2.33. The quantitative estimate of drug-likeness (QED) is 0.270. The molecule has 158 valence electrons. The van der Waals surface area contributed by atoms with E-state index < -0.39 is 11.9 Å². The number of hydrogen-bond donors (Lipinski definition) is 0. The molecule has 0 aromatic heterocycles. The summed E-state index contributed by atoms with van der Waals surface area (Å²) < 4.78 is 10.5. The van der Waals surface area contributed by atoms with Crippen molar-refractivity contribution in [3.63, 3.8) is 0 Å². The van der Waals surface area contributed by atoms with Gasteiger partial charge < -0.3 is 9.47 Å². The first-order valence-corrected chi connectivity index (χ1v) is 9.72. The molecule has 0 heterocycles. The van der Waals surface area contributed by atoms with Crippen LogP contribution in [0.3, 0.4) is 0 Å². The van der Waals surface area contributed by atoms with Crippen LogP contribution in [0.15, 0.2) is 72.8 Å². The van der Waals surface area contributed by atoms with E-state index in [0.29, 0.717) is 11.1 Å². The third-order valence-electron chi connectivity index (χ3n) is 5.04. The number of carbonyl (C=O) groups excluding carboxylic acids is 4. The van der Waals surface area contributed by atoms with Gasteiger partial charge in [-0.3, -0.25) is 9.59 Å². The van der Waals surface area contributed by atoms with E-state index in [1.165, 1.54) is 25.1 Å². The topological polar surface area (TPSA) is 86.7 Å². The number of hydrogen-bond acceptors (Lipinski definition) is 6. The number of rotatable bonds is 4. The largest absolute Gasteiger partial charge is 0.423 e. The van der Waals surface area contributed by atoms with Crippen LogP contribution in [0.4, 0.5) is 0 Å². The summed E-state index contributed by atoms with van der Waals surface area (Å²) >= 11 is 0. The van der Waals surface area contributed by atoms with Gasteiger partial charge in [0.1, 0.15) is 11.5 Å². The van der Waals surface area contributed by atoms with E-state index in [1.54, 1.807) is 37.3 Å². The fourth-order valence-electron chi connectivity index (χ4n) is 3.37. The molecule has 0 atom stereocenters. The predicted molar refractivity (Wildman–Crippen MR) is 118 cm³/mol. The van der Waals surface area contributed by atoms with Gasteiger partial charge in [0.25, 0.3) is 0 Å².